The average Bonchev–Trinajstić information content (AvgIpc) is 2.65. The zero-order chi connectivity index (χ0) is 18.8. The first-order valence-electron chi connectivity index (χ1n) is 8.91. The molecule has 1 saturated heterocycles. The quantitative estimate of drug-likeness (QED) is 0.328. The van der Waals surface area contributed by atoms with Gasteiger partial charge in [0.2, 0.25) is 0 Å². The van der Waals surface area contributed by atoms with Crippen LogP contribution in [0, 0.1) is 0 Å². The van der Waals surface area contributed by atoms with Crippen molar-refractivity contribution in [1.29, 1.82) is 0 Å². The summed E-state index contributed by atoms with van der Waals surface area (Å²) in [7, 11) is 3.16. The van der Waals surface area contributed by atoms with Crippen molar-refractivity contribution in [3.8, 4) is 11.5 Å². The Balaban J connectivity index is 0.00000364. The van der Waals surface area contributed by atoms with Crippen LogP contribution in [0.2, 0.25) is 0 Å². The molecule has 1 heterocycles. The van der Waals surface area contributed by atoms with Gasteiger partial charge in [-0.3, -0.25) is 4.99 Å². The fourth-order valence-corrected chi connectivity index (χ4v) is 2.93. The molecule has 1 aromatic rings. The van der Waals surface area contributed by atoms with E-state index in [2.05, 4.69) is 25.3 Å². The highest BCUT2D eigenvalue weighted by atomic mass is 127. The van der Waals surface area contributed by atoms with Crippen molar-refractivity contribution in [3.63, 3.8) is 0 Å². The Labute approximate surface area is 176 Å². The lowest BCUT2D eigenvalue weighted by Gasteiger charge is -2.26. The van der Waals surface area contributed by atoms with Gasteiger partial charge < -0.3 is 25.0 Å². The van der Waals surface area contributed by atoms with Gasteiger partial charge in [-0.15, -0.1) is 24.0 Å². The van der Waals surface area contributed by atoms with Crippen molar-refractivity contribution < 1.29 is 18.3 Å². The molecule has 1 aliphatic heterocycles. The molecule has 9 heteroatoms. The lowest BCUT2D eigenvalue weighted by atomic mass is 10.1. The zero-order valence-electron chi connectivity index (χ0n) is 15.8. The lowest BCUT2D eigenvalue weighted by Crippen LogP contribution is -2.42. The molecule has 2 rings (SSSR count). The van der Waals surface area contributed by atoms with E-state index >= 15 is 0 Å². The van der Waals surface area contributed by atoms with Gasteiger partial charge in [0.1, 0.15) is 11.5 Å². The summed E-state index contributed by atoms with van der Waals surface area (Å²) in [5, 5.41) is 6.38. The van der Waals surface area contributed by atoms with E-state index in [1.807, 2.05) is 0 Å². The minimum absolute atomic E-state index is 0. The summed E-state index contributed by atoms with van der Waals surface area (Å²) in [5.41, 5.74) is 0.602. The summed E-state index contributed by atoms with van der Waals surface area (Å²) in [4.78, 5) is 6.60. The number of benzene rings is 1. The number of halogens is 3. The highest BCUT2D eigenvalue weighted by Crippen LogP contribution is 2.26. The molecule has 6 nitrogen and oxygen atoms in total. The molecule has 2 N–H and O–H groups in total. The van der Waals surface area contributed by atoms with E-state index in [4.69, 9.17) is 4.74 Å². The van der Waals surface area contributed by atoms with E-state index in [1.54, 1.807) is 19.2 Å². The van der Waals surface area contributed by atoms with Crippen LogP contribution in [0.3, 0.4) is 0 Å². The van der Waals surface area contributed by atoms with Crippen molar-refractivity contribution in [2.45, 2.75) is 32.4 Å². The van der Waals surface area contributed by atoms with Gasteiger partial charge in [0.15, 0.2) is 5.96 Å². The lowest BCUT2D eigenvalue weighted by molar-refractivity contribution is -0.0505. The van der Waals surface area contributed by atoms with Crippen LogP contribution in [0.4, 0.5) is 8.78 Å². The largest absolute Gasteiger partial charge is 0.497 e. The minimum atomic E-state index is -2.89. The number of guanidine groups is 1. The summed E-state index contributed by atoms with van der Waals surface area (Å²) in [6.07, 6.45) is 3.84. The summed E-state index contributed by atoms with van der Waals surface area (Å²) in [5.74, 6) is 1.19. The number of ether oxygens (including phenoxy) is 2. The topological polar surface area (TPSA) is 58.1 Å². The molecule has 27 heavy (non-hydrogen) atoms. The first kappa shape index (κ1) is 23.7. The summed E-state index contributed by atoms with van der Waals surface area (Å²) in [6.45, 7) is 1.46. The fraction of sp³-hybridized carbons (Fsp3) is 0.611. The number of methoxy groups -OCH3 is 1. The van der Waals surface area contributed by atoms with Gasteiger partial charge in [0.25, 0.3) is 0 Å². The third-order valence-corrected chi connectivity index (χ3v) is 4.33. The monoisotopic (exact) mass is 498 g/mol. The molecule has 0 saturated carbocycles. The molecule has 0 aromatic heterocycles. The van der Waals surface area contributed by atoms with Gasteiger partial charge in [0.05, 0.1) is 7.11 Å². The van der Waals surface area contributed by atoms with E-state index in [1.165, 1.54) is 32.4 Å². The second-order valence-corrected chi connectivity index (χ2v) is 6.11. The van der Waals surface area contributed by atoms with Gasteiger partial charge >= 0.3 is 6.61 Å². The smallest absolute Gasteiger partial charge is 0.387 e. The molecule has 1 fully saturated rings. The maximum atomic E-state index is 12.6. The van der Waals surface area contributed by atoms with Crippen LogP contribution < -0.4 is 20.1 Å². The highest BCUT2D eigenvalue weighted by Gasteiger charge is 2.12. The molecule has 0 spiro atoms. The second-order valence-electron chi connectivity index (χ2n) is 6.11. The van der Waals surface area contributed by atoms with Crippen LogP contribution in [-0.4, -0.2) is 57.8 Å². The molecule has 1 aromatic carbocycles. The van der Waals surface area contributed by atoms with Gasteiger partial charge in [-0.1, -0.05) is 6.42 Å². The summed E-state index contributed by atoms with van der Waals surface area (Å²) >= 11 is 0. The molecule has 0 radical (unpaired) electrons. The standard InChI is InChI=1S/C18H28F2N4O2.HI/c1-21-18(22-8-11-24-9-4-3-5-10-24)23-13-14-6-7-15(25-2)12-16(14)26-17(19)20;/h6-7,12,17H,3-5,8-11,13H2,1-2H3,(H2,21,22,23);1H. The predicted octanol–water partition coefficient (Wildman–Crippen LogP) is 3.07. The molecule has 0 amide bonds. The Kier molecular flexibility index (Phi) is 11.3. The molecule has 154 valence electrons. The Morgan fingerprint density at radius 3 is 2.59 bits per heavy atom. The van der Waals surface area contributed by atoms with Crippen molar-refractivity contribution in [3.05, 3.63) is 23.8 Å². The molecule has 1 aliphatic rings. The number of rotatable bonds is 8. The number of aliphatic imine (C=N–C) groups is 1. The van der Waals surface area contributed by atoms with Crippen LogP contribution in [0.1, 0.15) is 24.8 Å². The highest BCUT2D eigenvalue weighted by molar-refractivity contribution is 14.0. The normalized spacial score (nSPS) is 15.2. The van der Waals surface area contributed by atoms with Gasteiger partial charge in [-0.05, 0) is 38.1 Å². The van der Waals surface area contributed by atoms with Crippen LogP contribution >= 0.6 is 24.0 Å². The second kappa shape index (κ2) is 12.9. The van der Waals surface area contributed by atoms with E-state index in [0.29, 0.717) is 23.8 Å². The van der Waals surface area contributed by atoms with Crippen molar-refractivity contribution in [1.82, 2.24) is 15.5 Å². The maximum absolute atomic E-state index is 12.6. The Morgan fingerprint density at radius 1 is 1.22 bits per heavy atom. The number of piperidine rings is 1. The predicted molar refractivity (Wildman–Crippen MR) is 114 cm³/mol. The van der Waals surface area contributed by atoms with Crippen molar-refractivity contribution in [2.75, 3.05) is 40.3 Å². The summed E-state index contributed by atoms with van der Waals surface area (Å²) in [6, 6.07) is 4.86. The number of hydrogen-bond acceptors (Lipinski definition) is 4. The van der Waals surface area contributed by atoms with Gasteiger partial charge in [-0.2, -0.15) is 8.78 Å². The molecule has 0 aliphatic carbocycles. The Morgan fingerprint density at radius 2 is 1.96 bits per heavy atom. The fourth-order valence-electron chi connectivity index (χ4n) is 2.93. The summed E-state index contributed by atoms with van der Waals surface area (Å²) < 4.78 is 34.9. The van der Waals surface area contributed by atoms with Gasteiger partial charge in [0, 0.05) is 38.3 Å². The third kappa shape index (κ3) is 8.46. The number of nitrogens with one attached hydrogen (secondary N) is 2. The minimum Gasteiger partial charge on any atom is -0.497 e. The molecular formula is C18H29F2IN4O2. The van der Waals surface area contributed by atoms with Crippen LogP contribution in [0.5, 0.6) is 11.5 Å². The van der Waals surface area contributed by atoms with Crippen LogP contribution in [0.15, 0.2) is 23.2 Å². The average molecular weight is 498 g/mol. The van der Waals surface area contributed by atoms with Crippen molar-refractivity contribution in [2.24, 2.45) is 4.99 Å². The molecule has 0 bridgehead atoms. The number of likely N-dealkylation sites (tertiary alicyclic amines) is 1. The van der Waals surface area contributed by atoms with Crippen LogP contribution in [-0.2, 0) is 6.54 Å². The molecule has 0 unspecified atom stereocenters. The first-order valence-corrected chi connectivity index (χ1v) is 8.91. The van der Waals surface area contributed by atoms with Gasteiger partial charge in [-0.25, -0.2) is 0 Å². The Hall–Kier alpha value is -1.36. The van der Waals surface area contributed by atoms with E-state index in [-0.39, 0.29) is 29.7 Å². The SMILES string of the molecule is CN=C(NCCN1CCCCC1)NCc1ccc(OC)cc1OC(F)F.I. The maximum Gasteiger partial charge on any atom is 0.387 e. The van der Waals surface area contributed by atoms with Crippen LogP contribution in [0.25, 0.3) is 0 Å². The third-order valence-electron chi connectivity index (χ3n) is 4.33. The molecular weight excluding hydrogens is 469 g/mol. The Bertz CT molecular complexity index is 584. The van der Waals surface area contributed by atoms with E-state index in [0.717, 1.165) is 26.2 Å². The first-order chi connectivity index (χ1) is 12.6. The molecule has 0 atom stereocenters. The number of alkyl halides is 2. The zero-order valence-corrected chi connectivity index (χ0v) is 18.2. The van der Waals surface area contributed by atoms with E-state index < -0.39 is 6.61 Å². The number of hydrogen-bond donors (Lipinski definition) is 2. The van der Waals surface area contributed by atoms with Crippen molar-refractivity contribution >= 4 is 29.9 Å². The number of nitrogens with zero attached hydrogens (tertiary/aromatic N) is 2. The van der Waals surface area contributed by atoms with E-state index in [9.17, 15) is 8.78 Å².